The van der Waals surface area contributed by atoms with Crippen LogP contribution in [0.15, 0.2) is 0 Å². The average molecular weight is 192 g/mol. The first-order chi connectivity index (χ1) is 1.73. The Morgan fingerprint density at radius 2 is 1.00 bits per heavy atom. The van der Waals surface area contributed by atoms with Crippen LogP contribution in [-0.2, 0) is 16.5 Å². The zero-order valence-corrected chi connectivity index (χ0v) is 6.44. The van der Waals surface area contributed by atoms with Gasteiger partial charge in [-0.05, 0) is 0 Å². The van der Waals surface area contributed by atoms with E-state index in [1.54, 1.807) is 0 Å². The van der Waals surface area contributed by atoms with Crippen molar-refractivity contribution in [3.8, 4) is 0 Å². The molecule has 0 saturated heterocycles. The Bertz CT molecular complexity index is 11.6. The first-order valence-corrected chi connectivity index (χ1v) is 5.89. The summed E-state index contributed by atoms with van der Waals surface area (Å²) in [7, 11) is 14.8. The zero-order chi connectivity index (χ0) is 3.58. The number of hydrogen-bond donors (Lipinski definition) is 0. The van der Waals surface area contributed by atoms with Crippen molar-refractivity contribution >= 4 is 41.5 Å². The van der Waals surface area contributed by atoms with E-state index in [1.807, 2.05) is 0 Å². The van der Waals surface area contributed by atoms with Crippen LogP contribution in [0, 0.1) is 0 Å². The van der Waals surface area contributed by atoms with Crippen LogP contribution in [0.25, 0.3) is 0 Å². The molecule has 0 fully saturated rings. The summed E-state index contributed by atoms with van der Waals surface area (Å²) in [5, 5.41) is 0. The predicted molar refractivity (Wildman–Crippen MR) is 23.3 cm³/mol. The Labute approximate surface area is 57.7 Å². The molecule has 0 radical (unpaired) electrons. The normalized spacial score (nSPS) is 5.40. The van der Waals surface area contributed by atoms with Gasteiger partial charge in [0.25, 0.3) is 0 Å². The van der Waals surface area contributed by atoms with Gasteiger partial charge in [0.2, 0.25) is 0 Å². The van der Waals surface area contributed by atoms with Crippen LogP contribution in [-0.4, -0.2) is 11.4 Å². The number of halogens is 3. The number of rotatable bonds is 0. The first-order valence-electron chi connectivity index (χ1n) is 0.655. The van der Waals surface area contributed by atoms with E-state index < -0.39 is 11.4 Å². The molecule has 0 aliphatic carbocycles. The molecule has 0 aliphatic rings. The largest absolute Gasteiger partial charge is 0.643 e. The van der Waals surface area contributed by atoms with Crippen molar-refractivity contribution in [1.29, 1.82) is 0 Å². The first kappa shape index (κ1) is 10.0. The Morgan fingerprint density at radius 3 is 1.00 bits per heavy atom. The van der Waals surface area contributed by atoms with Crippen LogP contribution < -0.4 is 0 Å². The van der Waals surface area contributed by atoms with E-state index in [9.17, 15) is 0 Å². The van der Waals surface area contributed by atoms with Gasteiger partial charge in [-0.15, -0.1) is 0 Å². The topological polar surface area (TPSA) is 0 Å². The van der Waals surface area contributed by atoms with Gasteiger partial charge in [0.05, 0.1) is 0 Å². The summed E-state index contributed by atoms with van der Waals surface area (Å²) in [6, 6.07) is 0. The molecule has 0 bridgehead atoms. The van der Waals surface area contributed by atoms with Crippen LogP contribution in [0.1, 0.15) is 0 Å². The third kappa shape index (κ3) is 24.9. The molecule has 0 heterocycles. The summed E-state index contributed by atoms with van der Waals surface area (Å²) in [6.45, 7) is 0. The summed E-state index contributed by atoms with van der Waals surface area (Å²) >= 11 is -1.72. The van der Waals surface area contributed by atoms with Crippen LogP contribution in [0.5, 0.6) is 0 Å². The predicted octanol–water partition coefficient (Wildman–Crippen LogP) is 1.69. The van der Waals surface area contributed by atoms with E-state index in [0.717, 1.165) is 0 Å². The van der Waals surface area contributed by atoms with E-state index in [0.29, 0.717) is 0 Å². The standard InChI is InChI=1S/Al.3ClH.Ni/h;3*1H;/q+3;;;;/p-3. The molecule has 5 heteroatoms. The minimum atomic E-state index is -1.72. The molecule has 0 aromatic heterocycles. The van der Waals surface area contributed by atoms with Gasteiger partial charge in [-0.2, -0.15) is 0 Å². The van der Waals surface area contributed by atoms with Gasteiger partial charge < -0.3 is 0 Å². The maximum atomic E-state index is 4.94. The van der Waals surface area contributed by atoms with Crippen molar-refractivity contribution in [2.45, 2.75) is 0 Å². The van der Waals surface area contributed by atoms with Gasteiger partial charge in [-0.3, -0.25) is 0 Å². The summed E-state index contributed by atoms with van der Waals surface area (Å²) < 4.78 is 0. The number of hydrogen-bond acceptors (Lipinski definition) is 0. The van der Waals surface area contributed by atoms with Crippen LogP contribution >= 0.6 is 30.1 Å². The van der Waals surface area contributed by atoms with Gasteiger partial charge in [0.15, 0.2) is 0 Å². The van der Waals surface area contributed by atoms with Crippen LogP contribution in [0.2, 0.25) is 0 Å². The van der Waals surface area contributed by atoms with Gasteiger partial charge >= 0.3 is 11.4 Å². The quantitative estimate of drug-likeness (QED) is 0.512. The second kappa shape index (κ2) is 5.90. The van der Waals surface area contributed by atoms with Gasteiger partial charge in [0.1, 0.15) is 0 Å². The van der Waals surface area contributed by atoms with Crippen LogP contribution in [0.3, 0.4) is 0 Å². The fraction of sp³-hybridized carbons (Fsp3) is 0. The van der Waals surface area contributed by atoms with Crippen LogP contribution in [0.4, 0.5) is 0 Å². The van der Waals surface area contributed by atoms with Crippen molar-refractivity contribution < 1.29 is 16.5 Å². The van der Waals surface area contributed by atoms with E-state index >= 15 is 0 Å². The van der Waals surface area contributed by atoms with E-state index in [4.69, 9.17) is 30.1 Å². The molecule has 0 rings (SSSR count). The van der Waals surface area contributed by atoms with Gasteiger partial charge in [0, 0.05) is 16.5 Å². The molecule has 34 valence electrons. The van der Waals surface area contributed by atoms with Gasteiger partial charge in [-0.1, -0.05) is 0 Å². The Kier molecular flexibility index (Phi) is 11.8. The summed E-state index contributed by atoms with van der Waals surface area (Å²) in [4.78, 5) is 0. The second-order valence-electron chi connectivity index (χ2n) is 0.247. The van der Waals surface area contributed by atoms with E-state index in [2.05, 4.69) is 0 Å². The smallest absolute Gasteiger partial charge is 0.214 e. The van der Waals surface area contributed by atoms with E-state index in [1.165, 1.54) is 0 Å². The minimum Gasteiger partial charge on any atom is -0.214 e. The molecular weight excluding hydrogens is 192 g/mol. The molecule has 0 spiro atoms. The van der Waals surface area contributed by atoms with Crippen molar-refractivity contribution in [3.05, 3.63) is 0 Å². The molecule has 0 saturated carbocycles. The third-order valence-electron chi connectivity index (χ3n) is 0. The SMILES string of the molecule is [Cl][Al]([Cl])[Cl].[Ni]. The molecule has 0 nitrogen and oxygen atoms in total. The van der Waals surface area contributed by atoms with Crippen molar-refractivity contribution in [1.82, 2.24) is 0 Å². The summed E-state index contributed by atoms with van der Waals surface area (Å²) in [5.74, 6) is 0. The Morgan fingerprint density at radius 1 is 1.00 bits per heavy atom. The molecule has 0 aromatic carbocycles. The zero-order valence-electron chi connectivity index (χ0n) is 2.03. The molecule has 0 aromatic rings. The Balaban J connectivity index is 0. The molecule has 5 heavy (non-hydrogen) atoms. The minimum absolute atomic E-state index is 0. The second-order valence-corrected chi connectivity index (χ2v) is 6.68. The summed E-state index contributed by atoms with van der Waals surface area (Å²) in [5.41, 5.74) is 0. The fourth-order valence-electron chi connectivity index (χ4n) is 0. The average Bonchev–Trinajstić information content (AvgIpc) is 0.811. The molecule has 0 N–H and O–H groups in total. The third-order valence-corrected chi connectivity index (χ3v) is 0. The van der Waals surface area contributed by atoms with E-state index in [-0.39, 0.29) is 16.5 Å². The maximum absolute atomic E-state index is 4.94. The fourth-order valence-corrected chi connectivity index (χ4v) is 0. The maximum Gasteiger partial charge on any atom is 0.643 e. The molecule has 0 aliphatic heterocycles. The molecular formula is AlCl3Ni. The molecule has 0 amide bonds. The molecule has 0 unspecified atom stereocenters. The molecule has 0 atom stereocenters. The summed E-state index contributed by atoms with van der Waals surface area (Å²) in [6.07, 6.45) is 0. The monoisotopic (exact) mass is 190 g/mol. The van der Waals surface area contributed by atoms with Gasteiger partial charge in [-0.25, -0.2) is 30.1 Å². The van der Waals surface area contributed by atoms with Crippen molar-refractivity contribution in [3.63, 3.8) is 0 Å². The van der Waals surface area contributed by atoms with Crippen molar-refractivity contribution in [2.24, 2.45) is 0 Å². The Hall–Kier alpha value is 1.90. The van der Waals surface area contributed by atoms with Crippen molar-refractivity contribution in [2.75, 3.05) is 0 Å².